The lowest BCUT2D eigenvalue weighted by Crippen LogP contribution is -2.41. The van der Waals surface area contributed by atoms with E-state index in [-0.39, 0.29) is 6.61 Å². The predicted octanol–water partition coefficient (Wildman–Crippen LogP) is 3.75. The molecule has 26 heavy (non-hydrogen) atoms. The summed E-state index contributed by atoms with van der Waals surface area (Å²) in [7, 11) is -4.50. The molecule has 1 saturated carbocycles. The molecule has 1 aromatic heterocycles. The summed E-state index contributed by atoms with van der Waals surface area (Å²) in [5.74, 6) is 8.51. The third kappa shape index (κ3) is 8.53. The molecule has 0 aromatic carbocycles. The van der Waals surface area contributed by atoms with Crippen LogP contribution in [0.15, 0.2) is 16.5 Å². The van der Waals surface area contributed by atoms with Crippen molar-refractivity contribution in [3.05, 3.63) is 23.7 Å². The van der Waals surface area contributed by atoms with E-state index in [0.29, 0.717) is 18.6 Å². The normalized spacial score (nSPS) is 18.2. The van der Waals surface area contributed by atoms with E-state index in [1.165, 1.54) is 38.5 Å². The van der Waals surface area contributed by atoms with Gasteiger partial charge in [0.25, 0.3) is 0 Å². The number of nitrogens with two attached hydrogens (primary N) is 1. The number of phosphoric ester groups is 1. The fraction of sp³-hybridized carbons (Fsp3) is 0.684. The molecule has 1 atom stereocenters. The molecule has 0 aliphatic heterocycles. The number of aryl methyl sites for hydroxylation is 1. The van der Waals surface area contributed by atoms with Crippen LogP contribution < -0.4 is 5.73 Å². The molecule has 2 rings (SSSR count). The highest BCUT2D eigenvalue weighted by atomic mass is 31.2. The predicted molar refractivity (Wildman–Crippen MR) is 100 cm³/mol. The number of furan rings is 1. The van der Waals surface area contributed by atoms with Crippen molar-refractivity contribution in [1.29, 1.82) is 0 Å². The summed E-state index contributed by atoms with van der Waals surface area (Å²) in [6, 6.07) is 3.72. The molecular formula is C19H30NO5P. The van der Waals surface area contributed by atoms with Crippen LogP contribution >= 0.6 is 7.82 Å². The molecule has 1 aliphatic rings. The van der Waals surface area contributed by atoms with Gasteiger partial charge in [-0.2, -0.15) is 0 Å². The minimum absolute atomic E-state index is 0.216. The van der Waals surface area contributed by atoms with E-state index >= 15 is 0 Å². The van der Waals surface area contributed by atoms with Crippen LogP contribution in [0.5, 0.6) is 0 Å². The van der Waals surface area contributed by atoms with Gasteiger partial charge in [0, 0.05) is 18.4 Å². The summed E-state index contributed by atoms with van der Waals surface area (Å²) in [5.41, 5.74) is 5.16. The van der Waals surface area contributed by atoms with Gasteiger partial charge in [0.15, 0.2) is 5.76 Å². The number of rotatable bonds is 8. The third-order valence-electron chi connectivity index (χ3n) is 4.78. The summed E-state index contributed by atoms with van der Waals surface area (Å²) in [6.45, 7) is 1.48. The molecule has 4 N–H and O–H groups in total. The molecule has 0 spiro atoms. The highest BCUT2D eigenvalue weighted by Crippen LogP contribution is 2.36. The van der Waals surface area contributed by atoms with Gasteiger partial charge in [0.05, 0.1) is 6.61 Å². The molecule has 0 radical (unpaired) electrons. The Kier molecular flexibility index (Phi) is 7.94. The van der Waals surface area contributed by atoms with Crippen molar-refractivity contribution in [1.82, 2.24) is 0 Å². The molecule has 146 valence electrons. The number of hydrogen-bond acceptors (Lipinski definition) is 4. The molecule has 1 aliphatic carbocycles. The average molecular weight is 383 g/mol. The summed E-state index contributed by atoms with van der Waals surface area (Å²) < 4.78 is 20.9. The Balaban J connectivity index is 1.73. The lowest BCUT2D eigenvalue weighted by atomic mass is 9.86. The van der Waals surface area contributed by atoms with Crippen molar-refractivity contribution in [2.24, 2.45) is 11.7 Å². The van der Waals surface area contributed by atoms with Crippen LogP contribution in [0, 0.1) is 17.8 Å². The lowest BCUT2D eigenvalue weighted by molar-refractivity contribution is 0.154. The molecular weight excluding hydrogens is 353 g/mol. The molecule has 0 amide bonds. The van der Waals surface area contributed by atoms with E-state index in [1.807, 2.05) is 12.1 Å². The number of hydrogen-bond donors (Lipinski definition) is 3. The Bertz CT molecular complexity index is 661. The minimum atomic E-state index is -4.50. The Labute approximate surface area is 155 Å². The van der Waals surface area contributed by atoms with Crippen LogP contribution in [-0.4, -0.2) is 21.9 Å². The topological polar surface area (TPSA) is 106 Å². The molecule has 1 fully saturated rings. The Morgan fingerprint density at radius 3 is 2.77 bits per heavy atom. The Hall–Kier alpha value is -1.09. The van der Waals surface area contributed by atoms with E-state index in [4.69, 9.17) is 19.9 Å². The van der Waals surface area contributed by atoms with E-state index in [2.05, 4.69) is 16.4 Å². The summed E-state index contributed by atoms with van der Waals surface area (Å²) in [6.07, 6.45) is 9.90. The highest BCUT2D eigenvalue weighted by Gasteiger charge is 2.24. The van der Waals surface area contributed by atoms with Gasteiger partial charge in [-0.15, -0.1) is 0 Å². The van der Waals surface area contributed by atoms with E-state index < -0.39 is 13.4 Å². The van der Waals surface area contributed by atoms with E-state index in [1.54, 1.807) is 6.92 Å². The first kappa shape index (κ1) is 21.2. The summed E-state index contributed by atoms with van der Waals surface area (Å²) in [5, 5.41) is 0. The zero-order valence-electron chi connectivity index (χ0n) is 15.4. The molecule has 0 saturated heterocycles. The molecule has 0 bridgehead atoms. The van der Waals surface area contributed by atoms with Crippen LogP contribution in [-0.2, 0) is 15.5 Å². The first-order valence-electron chi connectivity index (χ1n) is 9.30. The van der Waals surface area contributed by atoms with Gasteiger partial charge in [-0.1, -0.05) is 38.0 Å². The van der Waals surface area contributed by atoms with Crippen LogP contribution in [0.3, 0.4) is 0 Å². The largest absolute Gasteiger partial charge is 0.469 e. The van der Waals surface area contributed by atoms with Crippen molar-refractivity contribution < 1.29 is 23.3 Å². The lowest BCUT2D eigenvalue weighted by Gasteiger charge is -2.23. The second-order valence-electron chi connectivity index (χ2n) is 7.53. The second-order valence-corrected chi connectivity index (χ2v) is 8.77. The standard InChI is InChI=1S/C19H30NO5P/c1-19(20,15-24-26(21,22)23)14-13-18-12-11-17(25-18)10-6-5-9-16-7-3-2-4-8-16/h11-12,16H,2-5,7-9,13-15,20H2,1H3,(H2,21,22,23). The fourth-order valence-electron chi connectivity index (χ4n) is 3.19. The first-order valence-corrected chi connectivity index (χ1v) is 10.8. The quantitative estimate of drug-likeness (QED) is 0.466. The van der Waals surface area contributed by atoms with E-state index in [0.717, 1.165) is 18.1 Å². The van der Waals surface area contributed by atoms with Crippen molar-refractivity contribution in [3.63, 3.8) is 0 Å². The van der Waals surface area contributed by atoms with Crippen molar-refractivity contribution in [2.75, 3.05) is 6.61 Å². The van der Waals surface area contributed by atoms with E-state index in [9.17, 15) is 4.57 Å². The third-order valence-corrected chi connectivity index (χ3v) is 5.25. The molecule has 1 aromatic rings. The Morgan fingerprint density at radius 2 is 2.08 bits per heavy atom. The van der Waals surface area contributed by atoms with Crippen LogP contribution in [0.1, 0.15) is 69.8 Å². The van der Waals surface area contributed by atoms with Gasteiger partial charge < -0.3 is 19.9 Å². The van der Waals surface area contributed by atoms with Gasteiger partial charge in [-0.05, 0) is 43.7 Å². The monoisotopic (exact) mass is 383 g/mol. The van der Waals surface area contributed by atoms with Gasteiger partial charge in [-0.25, -0.2) is 4.57 Å². The zero-order chi connectivity index (χ0) is 19.0. The highest BCUT2D eigenvalue weighted by molar-refractivity contribution is 7.46. The van der Waals surface area contributed by atoms with Crippen LogP contribution in [0.2, 0.25) is 0 Å². The SMILES string of the molecule is CC(N)(CCc1ccc(C#CCCC2CCCCC2)o1)COP(=O)(O)O. The second kappa shape index (κ2) is 9.73. The van der Waals surface area contributed by atoms with Gasteiger partial charge >= 0.3 is 7.82 Å². The molecule has 7 heteroatoms. The maximum Gasteiger partial charge on any atom is 0.469 e. The summed E-state index contributed by atoms with van der Waals surface area (Å²) in [4.78, 5) is 17.5. The first-order chi connectivity index (χ1) is 12.2. The van der Waals surface area contributed by atoms with Gasteiger partial charge in [0.2, 0.25) is 0 Å². The molecule has 1 unspecified atom stereocenters. The van der Waals surface area contributed by atoms with Crippen LogP contribution in [0.4, 0.5) is 0 Å². The van der Waals surface area contributed by atoms with Crippen LogP contribution in [0.25, 0.3) is 0 Å². The maximum atomic E-state index is 10.8. The molecule has 6 nitrogen and oxygen atoms in total. The van der Waals surface area contributed by atoms with Crippen molar-refractivity contribution in [2.45, 2.75) is 70.3 Å². The molecule has 1 heterocycles. The van der Waals surface area contributed by atoms with Crippen molar-refractivity contribution in [3.8, 4) is 11.8 Å². The zero-order valence-corrected chi connectivity index (χ0v) is 16.3. The summed E-state index contributed by atoms with van der Waals surface area (Å²) >= 11 is 0. The Morgan fingerprint density at radius 1 is 1.35 bits per heavy atom. The van der Waals surface area contributed by atoms with Gasteiger partial charge in [-0.3, -0.25) is 4.52 Å². The minimum Gasteiger partial charge on any atom is -0.453 e. The fourth-order valence-corrected chi connectivity index (χ4v) is 3.66. The number of phosphoric acid groups is 1. The smallest absolute Gasteiger partial charge is 0.453 e. The van der Waals surface area contributed by atoms with Gasteiger partial charge in [0.1, 0.15) is 5.76 Å². The average Bonchev–Trinajstić information content (AvgIpc) is 3.04. The maximum absolute atomic E-state index is 10.8. The van der Waals surface area contributed by atoms with Crippen molar-refractivity contribution >= 4 is 7.82 Å².